The van der Waals surface area contributed by atoms with Crippen LogP contribution >= 0.6 is 27.7 Å². The highest BCUT2D eigenvalue weighted by Crippen LogP contribution is 2.28. The Morgan fingerprint density at radius 2 is 1.05 bits per heavy atom. The standard InChI is InChI=1S/C22H22N2O3S2.C21H22BrNO3S.CH4/c1-15(2)12-21(28-14-23)22(25)18-6-9-20-17(13-18)10-11-24(20)29(26,27)19-7-4-16(3)5-8-19;1-14(2)12-19(22)21(24)17-6-9-20-16(13-17)10-11-23(20)27(25,26)18-7-4-15(3)5-8-18;/h4-11,13,15,21H,12H2,1-3H3;4-11,13-14,19H,12H2,1-3H3;1H4. The highest BCUT2D eigenvalue weighted by atomic mass is 79.9. The maximum atomic E-state index is 13.0. The minimum Gasteiger partial charge on any atom is -0.293 e. The molecule has 0 saturated heterocycles. The second kappa shape index (κ2) is 18.9. The molecule has 2 unspecified atom stereocenters. The number of carbonyl (C=O) groups excluding carboxylic acids is 2. The monoisotopic (exact) mass is 889 g/mol. The number of fused-ring (bicyclic) bond motifs is 2. The molecule has 2 aromatic heterocycles. The lowest BCUT2D eigenvalue weighted by molar-refractivity contribution is 0.0976. The van der Waals surface area contributed by atoms with E-state index in [1.54, 1.807) is 97.1 Å². The van der Waals surface area contributed by atoms with Crippen LogP contribution in [0.15, 0.2) is 119 Å². The Balaban J connectivity index is 0.000000249. The van der Waals surface area contributed by atoms with Crippen molar-refractivity contribution in [3.63, 3.8) is 0 Å². The fourth-order valence-electron chi connectivity index (χ4n) is 6.20. The van der Waals surface area contributed by atoms with Crippen LogP contribution in [0.4, 0.5) is 0 Å². The molecule has 0 spiro atoms. The van der Waals surface area contributed by atoms with Crippen molar-refractivity contribution in [2.75, 3.05) is 0 Å². The molecule has 0 bridgehead atoms. The number of nitriles is 1. The van der Waals surface area contributed by atoms with Crippen molar-refractivity contribution in [3.8, 4) is 5.40 Å². The third-order valence-corrected chi connectivity index (χ3v) is 14.2. The number of alkyl halides is 1. The molecule has 0 N–H and O–H groups in total. The van der Waals surface area contributed by atoms with Gasteiger partial charge in [0.1, 0.15) is 5.40 Å². The van der Waals surface area contributed by atoms with Gasteiger partial charge in [-0.15, -0.1) is 0 Å². The van der Waals surface area contributed by atoms with Crippen molar-refractivity contribution in [2.24, 2.45) is 11.8 Å². The number of halogens is 1. The van der Waals surface area contributed by atoms with Crippen molar-refractivity contribution in [3.05, 3.63) is 132 Å². The van der Waals surface area contributed by atoms with Crippen LogP contribution in [0.3, 0.4) is 0 Å². The number of benzene rings is 4. The van der Waals surface area contributed by atoms with E-state index in [4.69, 9.17) is 5.26 Å². The quantitative estimate of drug-likeness (QED) is 0.0635. The summed E-state index contributed by atoms with van der Waals surface area (Å²) in [7, 11) is -7.41. The number of thiocyanates is 1. The minimum atomic E-state index is -3.73. The number of hydrogen-bond donors (Lipinski definition) is 0. The summed E-state index contributed by atoms with van der Waals surface area (Å²) in [5, 5.41) is 12.0. The lowest BCUT2D eigenvalue weighted by atomic mass is 10.00. The van der Waals surface area contributed by atoms with Crippen LogP contribution in [0.2, 0.25) is 0 Å². The number of aryl methyl sites for hydroxylation is 2. The van der Waals surface area contributed by atoms with E-state index in [0.29, 0.717) is 39.9 Å². The molecule has 0 amide bonds. The fraction of sp³-hybridized carbons (Fsp3) is 0.295. The van der Waals surface area contributed by atoms with E-state index in [1.165, 1.54) is 20.3 Å². The third kappa shape index (κ3) is 10.3. The molecular formula is C44H48BrN3O6S3. The van der Waals surface area contributed by atoms with Crippen LogP contribution in [-0.4, -0.2) is 46.4 Å². The fourth-order valence-corrected chi connectivity index (χ4v) is 10.8. The van der Waals surface area contributed by atoms with Crippen molar-refractivity contribution in [1.82, 2.24) is 7.94 Å². The molecule has 0 aliphatic rings. The highest BCUT2D eigenvalue weighted by Gasteiger charge is 2.25. The van der Waals surface area contributed by atoms with E-state index in [-0.39, 0.29) is 39.5 Å². The first kappa shape index (κ1) is 45.2. The summed E-state index contributed by atoms with van der Waals surface area (Å²) in [5.74, 6) is 0.595. The van der Waals surface area contributed by atoms with Gasteiger partial charge in [-0.3, -0.25) is 9.59 Å². The number of ketones is 2. The molecule has 0 aliphatic carbocycles. The van der Waals surface area contributed by atoms with Gasteiger partial charge in [0.25, 0.3) is 20.0 Å². The maximum absolute atomic E-state index is 13.0. The minimum absolute atomic E-state index is 0. The first-order valence-electron chi connectivity index (χ1n) is 18.1. The summed E-state index contributed by atoms with van der Waals surface area (Å²) in [6.45, 7) is 12.0. The molecule has 0 saturated carbocycles. The maximum Gasteiger partial charge on any atom is 0.268 e. The molecular weight excluding hydrogens is 843 g/mol. The number of nitrogens with zero attached hydrogens (tertiary/aromatic N) is 3. The summed E-state index contributed by atoms with van der Waals surface area (Å²) in [6.07, 6.45) is 4.40. The predicted molar refractivity (Wildman–Crippen MR) is 235 cm³/mol. The summed E-state index contributed by atoms with van der Waals surface area (Å²) in [4.78, 5) is 25.7. The van der Waals surface area contributed by atoms with Crippen LogP contribution in [0.5, 0.6) is 0 Å². The van der Waals surface area contributed by atoms with Crippen molar-refractivity contribution < 1.29 is 26.4 Å². The molecule has 2 atom stereocenters. The van der Waals surface area contributed by atoms with Crippen LogP contribution < -0.4 is 0 Å². The van der Waals surface area contributed by atoms with E-state index in [2.05, 4.69) is 29.8 Å². The topological polar surface area (TPSA) is 136 Å². The van der Waals surface area contributed by atoms with Gasteiger partial charge in [0.2, 0.25) is 0 Å². The molecule has 4 aromatic carbocycles. The second-order valence-electron chi connectivity index (χ2n) is 14.6. The van der Waals surface area contributed by atoms with Gasteiger partial charge in [0.15, 0.2) is 11.6 Å². The van der Waals surface area contributed by atoms with E-state index in [9.17, 15) is 26.4 Å². The zero-order valence-electron chi connectivity index (χ0n) is 32.0. The lowest BCUT2D eigenvalue weighted by Gasteiger charge is -2.14. The van der Waals surface area contributed by atoms with Gasteiger partial charge in [-0.25, -0.2) is 24.8 Å². The Hall–Kier alpha value is -4.48. The van der Waals surface area contributed by atoms with Gasteiger partial charge in [-0.05, 0) is 123 Å². The summed E-state index contributed by atoms with van der Waals surface area (Å²) >= 11 is 4.44. The Bertz CT molecular complexity index is 2640. The number of hydrogen-bond acceptors (Lipinski definition) is 8. The number of thioether (sulfide) groups is 1. The predicted octanol–water partition coefficient (Wildman–Crippen LogP) is 10.8. The molecule has 2 heterocycles. The number of carbonyl (C=O) groups is 2. The molecule has 0 fully saturated rings. The average molecular weight is 891 g/mol. The molecule has 6 aromatic rings. The van der Waals surface area contributed by atoms with Crippen LogP contribution in [0.25, 0.3) is 21.8 Å². The normalized spacial score (nSPS) is 12.8. The molecule has 0 aliphatic heterocycles. The summed E-state index contributed by atoms with van der Waals surface area (Å²) in [5.41, 5.74) is 4.11. The van der Waals surface area contributed by atoms with Gasteiger partial charge in [-0.1, -0.05) is 86.4 Å². The van der Waals surface area contributed by atoms with E-state index in [1.807, 2.05) is 33.1 Å². The average Bonchev–Trinajstić information content (AvgIpc) is 3.79. The van der Waals surface area contributed by atoms with Gasteiger partial charge < -0.3 is 0 Å². The molecule has 6 rings (SSSR count). The summed E-state index contributed by atoms with van der Waals surface area (Å²) in [6, 6.07) is 27.0. The van der Waals surface area contributed by atoms with Crippen LogP contribution in [-0.2, 0) is 20.0 Å². The Morgan fingerprint density at radius 3 is 1.44 bits per heavy atom. The van der Waals surface area contributed by atoms with Gasteiger partial charge >= 0.3 is 0 Å². The van der Waals surface area contributed by atoms with Crippen molar-refractivity contribution in [2.45, 2.75) is 81.7 Å². The van der Waals surface area contributed by atoms with E-state index in [0.717, 1.165) is 34.7 Å². The van der Waals surface area contributed by atoms with E-state index >= 15 is 0 Å². The zero-order valence-corrected chi connectivity index (χ0v) is 36.0. The van der Waals surface area contributed by atoms with Gasteiger partial charge in [0.05, 0.1) is 30.9 Å². The SMILES string of the molecule is C.Cc1ccc(S(=O)(=O)n2ccc3cc(C(=O)C(Br)CC(C)C)ccc32)cc1.Cc1ccc(S(=O)(=O)n2ccc3cc(C(=O)C(CC(C)C)SC#N)ccc32)cc1. The second-order valence-corrected chi connectivity index (χ2v) is 20.3. The zero-order chi connectivity index (χ0) is 40.9. The lowest BCUT2D eigenvalue weighted by Crippen LogP contribution is -2.19. The smallest absolute Gasteiger partial charge is 0.268 e. The third-order valence-electron chi connectivity index (χ3n) is 9.17. The van der Waals surface area contributed by atoms with Crippen molar-refractivity contribution >= 4 is 81.1 Å². The Kier molecular flexibility index (Phi) is 15.0. The van der Waals surface area contributed by atoms with Crippen LogP contribution in [0, 0.1) is 36.3 Å². The number of aromatic nitrogens is 2. The first-order valence-corrected chi connectivity index (χ1v) is 22.8. The van der Waals surface area contributed by atoms with Gasteiger partial charge in [0, 0.05) is 34.3 Å². The molecule has 13 heteroatoms. The highest BCUT2D eigenvalue weighted by molar-refractivity contribution is 9.10. The number of Topliss-reactive ketones (excluding diaryl/α,β-unsaturated/α-hetero) is 2. The van der Waals surface area contributed by atoms with Crippen molar-refractivity contribution in [1.29, 1.82) is 5.26 Å². The number of rotatable bonds is 13. The largest absolute Gasteiger partial charge is 0.293 e. The molecule has 9 nitrogen and oxygen atoms in total. The molecule has 57 heavy (non-hydrogen) atoms. The van der Waals surface area contributed by atoms with Crippen LogP contribution in [0.1, 0.15) is 79.8 Å². The Morgan fingerprint density at radius 1 is 0.649 bits per heavy atom. The molecule has 0 radical (unpaired) electrons. The van der Waals surface area contributed by atoms with E-state index < -0.39 is 25.3 Å². The first-order chi connectivity index (χ1) is 26.4. The molecule has 300 valence electrons. The summed E-state index contributed by atoms with van der Waals surface area (Å²) < 4.78 is 54.4. The van der Waals surface area contributed by atoms with Gasteiger partial charge in [-0.2, -0.15) is 5.26 Å². The Labute approximate surface area is 349 Å².